The normalized spacial score (nSPS) is 19.6. The van der Waals surface area contributed by atoms with Crippen molar-refractivity contribution in [3.05, 3.63) is 0 Å². The highest BCUT2D eigenvalue weighted by atomic mass is 17.4. The maximum atomic E-state index is 12.5. The van der Waals surface area contributed by atoms with E-state index in [1.807, 2.05) is 20.8 Å². The summed E-state index contributed by atoms with van der Waals surface area (Å²) in [6, 6.07) is 0. The zero-order valence-corrected chi connectivity index (χ0v) is 14.0. The van der Waals surface area contributed by atoms with Gasteiger partial charge >= 0.3 is 11.8 Å². The lowest BCUT2D eigenvalue weighted by molar-refractivity contribution is -0.179. The lowest BCUT2D eigenvalue weighted by atomic mass is 9.75. The maximum Gasteiger partial charge on any atom is 0.373 e. The lowest BCUT2D eigenvalue weighted by Crippen LogP contribution is -2.47. The highest BCUT2D eigenvalue weighted by Crippen LogP contribution is 2.45. The molecule has 1 unspecified atom stereocenters. The SMILES string of the molecule is CCCC(CC)C1(C(=O)OC(C)(C)C(C)(C)CC)OO1. The van der Waals surface area contributed by atoms with Gasteiger partial charge in [0.1, 0.15) is 5.60 Å². The van der Waals surface area contributed by atoms with Crippen molar-refractivity contribution in [2.24, 2.45) is 11.3 Å². The van der Waals surface area contributed by atoms with E-state index in [-0.39, 0.29) is 17.3 Å². The van der Waals surface area contributed by atoms with Crippen molar-refractivity contribution >= 4 is 5.97 Å². The molecule has 0 aromatic rings. The highest BCUT2D eigenvalue weighted by molar-refractivity contribution is 5.80. The molecule has 118 valence electrons. The van der Waals surface area contributed by atoms with E-state index in [4.69, 9.17) is 14.5 Å². The Morgan fingerprint density at radius 3 is 2.05 bits per heavy atom. The molecule has 4 heteroatoms. The van der Waals surface area contributed by atoms with Gasteiger partial charge in [-0.05, 0) is 33.1 Å². The fourth-order valence-corrected chi connectivity index (χ4v) is 2.29. The molecular formula is C16H30O4. The van der Waals surface area contributed by atoms with Crippen LogP contribution in [0, 0.1) is 11.3 Å². The first kappa shape index (κ1) is 17.4. The van der Waals surface area contributed by atoms with Crippen LogP contribution in [-0.2, 0) is 19.3 Å². The molecule has 0 aromatic heterocycles. The van der Waals surface area contributed by atoms with Gasteiger partial charge in [-0.15, -0.1) is 0 Å². The predicted molar refractivity (Wildman–Crippen MR) is 77.8 cm³/mol. The maximum absolute atomic E-state index is 12.5. The molecule has 1 aliphatic rings. The third-order valence-electron chi connectivity index (χ3n) is 5.08. The zero-order chi connectivity index (χ0) is 15.6. The van der Waals surface area contributed by atoms with Crippen molar-refractivity contribution in [3.63, 3.8) is 0 Å². The summed E-state index contributed by atoms with van der Waals surface area (Å²) in [6.45, 7) is 14.3. The van der Waals surface area contributed by atoms with E-state index in [2.05, 4.69) is 27.7 Å². The van der Waals surface area contributed by atoms with Crippen molar-refractivity contribution in [3.8, 4) is 0 Å². The van der Waals surface area contributed by atoms with Crippen LogP contribution in [0.4, 0.5) is 0 Å². The third kappa shape index (κ3) is 3.17. The molecule has 0 aromatic carbocycles. The summed E-state index contributed by atoms with van der Waals surface area (Å²) in [5.41, 5.74) is -0.670. The van der Waals surface area contributed by atoms with Crippen LogP contribution in [0.1, 0.15) is 74.1 Å². The molecule has 0 saturated carbocycles. The zero-order valence-electron chi connectivity index (χ0n) is 14.0. The molecule has 1 atom stereocenters. The number of esters is 1. The van der Waals surface area contributed by atoms with E-state index in [1.54, 1.807) is 0 Å². The fourth-order valence-electron chi connectivity index (χ4n) is 2.29. The molecule has 1 fully saturated rings. The van der Waals surface area contributed by atoms with Crippen LogP contribution in [-0.4, -0.2) is 17.4 Å². The first-order chi connectivity index (χ1) is 9.16. The van der Waals surface area contributed by atoms with Crippen molar-refractivity contribution in [2.45, 2.75) is 85.5 Å². The molecular weight excluding hydrogens is 256 g/mol. The van der Waals surface area contributed by atoms with E-state index in [1.165, 1.54) is 0 Å². The number of ether oxygens (including phenoxy) is 1. The molecule has 0 bridgehead atoms. The first-order valence-corrected chi connectivity index (χ1v) is 7.77. The van der Waals surface area contributed by atoms with Crippen LogP contribution in [0.3, 0.4) is 0 Å². The quantitative estimate of drug-likeness (QED) is 0.380. The Morgan fingerprint density at radius 2 is 1.70 bits per heavy atom. The number of rotatable bonds is 8. The van der Waals surface area contributed by atoms with Crippen LogP contribution in [0.2, 0.25) is 0 Å². The highest BCUT2D eigenvalue weighted by Gasteiger charge is 2.64. The molecule has 20 heavy (non-hydrogen) atoms. The summed E-state index contributed by atoms with van der Waals surface area (Å²) in [7, 11) is 0. The summed E-state index contributed by atoms with van der Waals surface area (Å²) in [5.74, 6) is -1.49. The smallest absolute Gasteiger partial charge is 0.373 e. The Bertz CT molecular complexity index is 342. The minimum Gasteiger partial charge on any atom is -0.455 e. The molecule has 1 heterocycles. The Hall–Kier alpha value is -0.610. The summed E-state index contributed by atoms with van der Waals surface area (Å²) >= 11 is 0. The second-order valence-electron chi connectivity index (χ2n) is 6.87. The van der Waals surface area contributed by atoms with E-state index in [0.29, 0.717) is 0 Å². The molecule has 4 nitrogen and oxygen atoms in total. The second-order valence-corrected chi connectivity index (χ2v) is 6.87. The number of hydrogen-bond acceptors (Lipinski definition) is 4. The largest absolute Gasteiger partial charge is 0.455 e. The standard InChI is InChI=1S/C16H30O4/c1-8-11-12(9-2)16(19-20-16)13(17)18-15(6,7)14(4,5)10-3/h12H,8-11H2,1-7H3. The van der Waals surface area contributed by atoms with Gasteiger partial charge < -0.3 is 4.74 Å². The average molecular weight is 286 g/mol. The number of carbonyl (C=O) groups excluding carboxylic acids is 1. The minimum atomic E-state index is -1.16. The van der Waals surface area contributed by atoms with Crippen LogP contribution >= 0.6 is 0 Å². The van der Waals surface area contributed by atoms with E-state index < -0.39 is 11.4 Å². The van der Waals surface area contributed by atoms with Crippen molar-refractivity contribution in [1.82, 2.24) is 0 Å². The molecule has 0 spiro atoms. The van der Waals surface area contributed by atoms with E-state index in [0.717, 1.165) is 25.7 Å². The average Bonchev–Trinajstić information content (AvgIpc) is 3.16. The van der Waals surface area contributed by atoms with Crippen LogP contribution in [0.25, 0.3) is 0 Å². The van der Waals surface area contributed by atoms with Crippen molar-refractivity contribution < 1.29 is 19.3 Å². The monoisotopic (exact) mass is 286 g/mol. The van der Waals surface area contributed by atoms with Crippen LogP contribution in [0.15, 0.2) is 0 Å². The Labute approximate surface area is 123 Å². The topological polar surface area (TPSA) is 51.4 Å². The number of carbonyl (C=O) groups is 1. The van der Waals surface area contributed by atoms with Gasteiger partial charge in [-0.3, -0.25) is 0 Å². The van der Waals surface area contributed by atoms with Gasteiger partial charge in [0.2, 0.25) is 0 Å². The Kier molecular flexibility index (Phi) is 5.25. The van der Waals surface area contributed by atoms with Gasteiger partial charge in [-0.25, -0.2) is 4.79 Å². The molecule has 0 aliphatic carbocycles. The summed E-state index contributed by atoms with van der Waals surface area (Å²) in [4.78, 5) is 22.7. The second kappa shape index (κ2) is 6.02. The molecule has 0 radical (unpaired) electrons. The molecule has 1 aliphatic heterocycles. The van der Waals surface area contributed by atoms with Gasteiger partial charge in [0, 0.05) is 11.3 Å². The lowest BCUT2D eigenvalue weighted by Gasteiger charge is -2.40. The summed E-state index contributed by atoms with van der Waals surface area (Å²) in [6.07, 6.45) is 3.64. The Balaban J connectivity index is 2.81. The summed E-state index contributed by atoms with van der Waals surface area (Å²) in [5, 5.41) is 0. The van der Waals surface area contributed by atoms with E-state index in [9.17, 15) is 4.79 Å². The fraction of sp³-hybridized carbons (Fsp3) is 0.938. The molecule has 0 N–H and O–H groups in total. The molecule has 1 saturated heterocycles. The Morgan fingerprint density at radius 1 is 1.15 bits per heavy atom. The predicted octanol–water partition coefficient (Wildman–Crippen LogP) is 4.23. The summed E-state index contributed by atoms with van der Waals surface area (Å²) < 4.78 is 5.76. The first-order valence-electron chi connectivity index (χ1n) is 7.77. The number of hydrogen-bond donors (Lipinski definition) is 0. The van der Waals surface area contributed by atoms with E-state index >= 15 is 0 Å². The van der Waals surface area contributed by atoms with Crippen LogP contribution < -0.4 is 0 Å². The molecule has 0 amide bonds. The molecule has 1 rings (SSSR count). The van der Waals surface area contributed by atoms with Crippen molar-refractivity contribution in [2.75, 3.05) is 0 Å². The van der Waals surface area contributed by atoms with Gasteiger partial charge in [0.05, 0.1) is 0 Å². The van der Waals surface area contributed by atoms with Gasteiger partial charge in [0.25, 0.3) is 0 Å². The van der Waals surface area contributed by atoms with Gasteiger partial charge in [-0.1, -0.05) is 41.0 Å². The van der Waals surface area contributed by atoms with Crippen LogP contribution in [0.5, 0.6) is 0 Å². The minimum absolute atomic E-state index is 0.0561. The van der Waals surface area contributed by atoms with Gasteiger partial charge in [0.15, 0.2) is 0 Å². The third-order valence-corrected chi connectivity index (χ3v) is 5.08. The van der Waals surface area contributed by atoms with Crippen molar-refractivity contribution in [1.29, 1.82) is 0 Å². The van der Waals surface area contributed by atoms with Gasteiger partial charge in [-0.2, -0.15) is 9.78 Å².